The third-order valence-electron chi connectivity index (χ3n) is 6.28. The number of thiophene rings is 1. The Bertz CT molecular complexity index is 1270. The highest BCUT2D eigenvalue weighted by molar-refractivity contribution is 7.15. The van der Waals surface area contributed by atoms with Crippen LogP contribution in [0.15, 0.2) is 15.7 Å². The van der Waals surface area contributed by atoms with Gasteiger partial charge in [0.1, 0.15) is 0 Å². The topological polar surface area (TPSA) is 107 Å². The Kier molecular flexibility index (Phi) is 4.18. The molecule has 2 aromatic heterocycles. The second kappa shape index (κ2) is 6.53. The summed E-state index contributed by atoms with van der Waals surface area (Å²) in [5, 5.41) is 0.0692. The minimum absolute atomic E-state index is 0.0279. The van der Waals surface area contributed by atoms with Crippen LogP contribution in [0.2, 0.25) is 0 Å². The van der Waals surface area contributed by atoms with E-state index >= 15 is 4.39 Å². The highest BCUT2D eigenvalue weighted by atomic mass is 32.1. The van der Waals surface area contributed by atoms with Gasteiger partial charge in [0.05, 0.1) is 16.6 Å². The molecule has 1 atom stereocenters. The van der Waals surface area contributed by atoms with Crippen LogP contribution in [0.1, 0.15) is 41.3 Å². The van der Waals surface area contributed by atoms with Gasteiger partial charge in [0.25, 0.3) is 5.56 Å². The molecule has 5 N–H and O–H groups in total. The molecular formula is C21H23FN4O2S. The van der Waals surface area contributed by atoms with Crippen LogP contribution in [0, 0.1) is 18.7 Å². The number of aromatic nitrogens is 2. The van der Waals surface area contributed by atoms with Crippen LogP contribution in [-0.2, 0) is 12.8 Å². The molecule has 0 spiro atoms. The molecule has 1 aromatic carbocycles. The molecule has 5 rings (SSSR count). The number of fused-ring (bicyclic) bond motifs is 2. The lowest BCUT2D eigenvalue weighted by atomic mass is 9.88. The fourth-order valence-corrected chi connectivity index (χ4v) is 5.90. The lowest BCUT2D eigenvalue weighted by Crippen LogP contribution is -2.31. The Morgan fingerprint density at radius 1 is 1.31 bits per heavy atom. The molecule has 0 saturated heterocycles. The molecule has 0 amide bonds. The normalized spacial score (nSPS) is 18.9. The van der Waals surface area contributed by atoms with Gasteiger partial charge in [0, 0.05) is 21.4 Å². The molecule has 0 bridgehead atoms. The second-order valence-corrected chi connectivity index (χ2v) is 9.35. The number of nitrogens with one attached hydrogen (secondary N) is 1. The number of aryl methyl sites for hydroxylation is 2. The minimum Gasteiger partial charge on any atom is -0.396 e. The minimum atomic E-state index is -0.635. The molecule has 0 aliphatic heterocycles. The lowest BCUT2D eigenvalue weighted by molar-refractivity contribution is 0.473. The predicted octanol–water partition coefficient (Wildman–Crippen LogP) is 2.85. The summed E-state index contributed by atoms with van der Waals surface area (Å²) >= 11 is 1.58. The number of benzene rings is 1. The lowest BCUT2D eigenvalue weighted by Gasteiger charge is -2.19. The van der Waals surface area contributed by atoms with Crippen LogP contribution in [0.5, 0.6) is 0 Å². The zero-order valence-electron chi connectivity index (χ0n) is 16.2. The van der Waals surface area contributed by atoms with E-state index in [9.17, 15) is 9.59 Å². The monoisotopic (exact) mass is 414 g/mol. The van der Waals surface area contributed by atoms with E-state index in [1.54, 1.807) is 22.8 Å². The highest BCUT2D eigenvalue weighted by Gasteiger charge is 2.31. The Hall–Kier alpha value is -2.45. The number of H-pyrrole nitrogens is 1. The van der Waals surface area contributed by atoms with Crippen molar-refractivity contribution in [1.29, 1.82) is 0 Å². The van der Waals surface area contributed by atoms with E-state index in [0.29, 0.717) is 29.1 Å². The number of hydrogen-bond donors (Lipinski definition) is 3. The summed E-state index contributed by atoms with van der Waals surface area (Å²) in [5.41, 5.74) is 13.3. The molecule has 0 radical (unpaired) electrons. The van der Waals surface area contributed by atoms with Crippen LogP contribution >= 0.6 is 11.3 Å². The molecule has 8 heteroatoms. The van der Waals surface area contributed by atoms with Crippen molar-refractivity contribution in [3.63, 3.8) is 0 Å². The first-order valence-electron chi connectivity index (χ1n) is 9.98. The summed E-state index contributed by atoms with van der Waals surface area (Å²) in [6.07, 6.45) is 4.61. The van der Waals surface area contributed by atoms with Crippen molar-refractivity contribution >= 4 is 27.9 Å². The Morgan fingerprint density at radius 3 is 2.76 bits per heavy atom. The smallest absolute Gasteiger partial charge is 0.329 e. The summed E-state index contributed by atoms with van der Waals surface area (Å²) in [4.78, 5) is 29.4. The molecule has 2 aliphatic carbocycles. The maximum absolute atomic E-state index is 15.4. The van der Waals surface area contributed by atoms with E-state index in [4.69, 9.17) is 11.5 Å². The average Bonchev–Trinajstić information content (AvgIpc) is 3.43. The number of nitrogens with two attached hydrogens (primary N) is 2. The van der Waals surface area contributed by atoms with E-state index in [1.165, 1.54) is 10.4 Å². The number of rotatable bonds is 3. The Balaban J connectivity index is 1.80. The van der Waals surface area contributed by atoms with Gasteiger partial charge >= 0.3 is 5.69 Å². The van der Waals surface area contributed by atoms with Gasteiger partial charge in [-0.15, -0.1) is 11.3 Å². The van der Waals surface area contributed by atoms with E-state index in [2.05, 4.69) is 4.98 Å². The summed E-state index contributed by atoms with van der Waals surface area (Å²) in [6, 6.07) is 2.06. The largest absolute Gasteiger partial charge is 0.396 e. The predicted molar refractivity (Wildman–Crippen MR) is 114 cm³/mol. The fraction of sp³-hybridized carbons (Fsp3) is 0.429. The first kappa shape index (κ1) is 18.6. The van der Waals surface area contributed by atoms with E-state index in [1.807, 2.05) is 6.07 Å². The van der Waals surface area contributed by atoms with Gasteiger partial charge in [-0.2, -0.15) is 0 Å². The SMILES string of the molecule is Cc1c(-c2cc3c(s2)CCC(CN)C3)c(F)c(N)c2c(=O)[nH]c(=O)n(C3CC3)c12. The zero-order chi connectivity index (χ0) is 20.4. The van der Waals surface area contributed by atoms with Crippen LogP contribution in [-0.4, -0.2) is 16.1 Å². The van der Waals surface area contributed by atoms with Crippen molar-refractivity contribution in [2.75, 3.05) is 12.3 Å². The quantitative estimate of drug-likeness (QED) is 0.573. The number of halogens is 1. The number of nitrogen functional groups attached to an aromatic ring is 1. The van der Waals surface area contributed by atoms with Gasteiger partial charge in [0.2, 0.25) is 0 Å². The zero-order valence-corrected chi connectivity index (χ0v) is 17.0. The molecule has 3 aromatic rings. The maximum Gasteiger partial charge on any atom is 0.329 e. The maximum atomic E-state index is 15.4. The van der Waals surface area contributed by atoms with Gasteiger partial charge < -0.3 is 11.5 Å². The molecule has 2 heterocycles. The Morgan fingerprint density at radius 2 is 2.07 bits per heavy atom. The summed E-state index contributed by atoms with van der Waals surface area (Å²) < 4.78 is 17.0. The molecule has 29 heavy (non-hydrogen) atoms. The molecule has 1 saturated carbocycles. The van der Waals surface area contributed by atoms with E-state index < -0.39 is 17.1 Å². The van der Waals surface area contributed by atoms with Crippen LogP contribution in [0.3, 0.4) is 0 Å². The molecule has 6 nitrogen and oxygen atoms in total. The number of nitrogens with zero attached hydrogens (tertiary/aromatic N) is 1. The molecular weight excluding hydrogens is 391 g/mol. The van der Waals surface area contributed by atoms with Gasteiger partial charge in [-0.25, -0.2) is 9.18 Å². The molecule has 1 unspecified atom stereocenters. The van der Waals surface area contributed by atoms with Gasteiger partial charge in [-0.05, 0) is 68.7 Å². The molecule has 2 aliphatic rings. The first-order chi connectivity index (χ1) is 13.9. The third kappa shape index (κ3) is 2.77. The number of hydrogen-bond acceptors (Lipinski definition) is 5. The van der Waals surface area contributed by atoms with E-state index in [-0.39, 0.29) is 17.1 Å². The molecule has 1 fully saturated rings. The van der Waals surface area contributed by atoms with Crippen LogP contribution in [0.25, 0.3) is 21.3 Å². The number of aromatic amines is 1. The second-order valence-electron chi connectivity index (χ2n) is 8.22. The highest BCUT2D eigenvalue weighted by Crippen LogP contribution is 2.44. The molecule has 152 valence electrons. The average molecular weight is 415 g/mol. The van der Waals surface area contributed by atoms with Crippen LogP contribution < -0.4 is 22.7 Å². The van der Waals surface area contributed by atoms with Gasteiger partial charge in [-0.1, -0.05) is 0 Å². The first-order valence-corrected chi connectivity index (χ1v) is 10.8. The van der Waals surface area contributed by atoms with Crippen molar-refractivity contribution in [1.82, 2.24) is 9.55 Å². The third-order valence-corrected chi connectivity index (χ3v) is 7.53. The van der Waals surface area contributed by atoms with Crippen LogP contribution in [0.4, 0.5) is 10.1 Å². The number of anilines is 1. The van der Waals surface area contributed by atoms with Gasteiger partial charge in [-0.3, -0.25) is 14.3 Å². The van der Waals surface area contributed by atoms with E-state index in [0.717, 1.165) is 37.0 Å². The Labute approximate surface area is 170 Å². The van der Waals surface area contributed by atoms with Crippen molar-refractivity contribution in [3.05, 3.63) is 48.7 Å². The van der Waals surface area contributed by atoms with Crippen molar-refractivity contribution < 1.29 is 4.39 Å². The van der Waals surface area contributed by atoms with Gasteiger partial charge in [0.15, 0.2) is 5.82 Å². The summed E-state index contributed by atoms with van der Waals surface area (Å²) in [5.74, 6) is -0.133. The van der Waals surface area contributed by atoms with Crippen molar-refractivity contribution in [3.8, 4) is 10.4 Å². The summed E-state index contributed by atoms with van der Waals surface area (Å²) in [6.45, 7) is 2.43. The van der Waals surface area contributed by atoms with Crippen molar-refractivity contribution in [2.45, 2.75) is 45.1 Å². The summed E-state index contributed by atoms with van der Waals surface area (Å²) in [7, 11) is 0. The van der Waals surface area contributed by atoms with Crippen molar-refractivity contribution in [2.24, 2.45) is 11.7 Å². The fourth-order valence-electron chi connectivity index (χ4n) is 4.59. The standard InChI is InChI=1S/C21H23FN4O2S/c1-9-15(14-7-11-6-10(8-23)2-5-13(11)29-14)17(22)18(24)16-19(9)26(12-3-4-12)21(28)25-20(16)27/h7,10,12H,2-6,8,23-24H2,1H3,(H,25,27,28).